The molecule has 194 valence electrons. The predicted molar refractivity (Wildman–Crippen MR) is 178 cm³/mol. The third-order valence-electron chi connectivity index (χ3n) is 9.70. The van der Waals surface area contributed by atoms with E-state index in [0.717, 1.165) is 11.2 Å². The van der Waals surface area contributed by atoms with Crippen molar-refractivity contribution >= 4 is 43.2 Å². The first-order valence-corrected chi connectivity index (χ1v) is 14.7. The Morgan fingerprint density at radius 2 is 1.05 bits per heavy atom. The summed E-state index contributed by atoms with van der Waals surface area (Å²) in [7, 11) is 0. The number of fused-ring (bicyclic) bond motifs is 10. The second kappa shape index (κ2) is 7.72. The van der Waals surface area contributed by atoms with Gasteiger partial charge in [0.1, 0.15) is 0 Å². The summed E-state index contributed by atoms with van der Waals surface area (Å²) in [6.07, 6.45) is 0. The molecule has 8 aromatic rings. The summed E-state index contributed by atoms with van der Waals surface area (Å²) < 4.78 is 0. The van der Waals surface area contributed by atoms with Gasteiger partial charge in [-0.1, -0.05) is 96.6 Å². The summed E-state index contributed by atoms with van der Waals surface area (Å²) in [6, 6.07) is 43.0. The maximum Gasteiger partial charge on any atom is 0.0722 e. The van der Waals surface area contributed by atoms with Crippen molar-refractivity contribution in [3.63, 3.8) is 0 Å². The van der Waals surface area contributed by atoms with Gasteiger partial charge in [-0.05, 0) is 121 Å². The second-order valence-corrected chi connectivity index (χ2v) is 12.0. The molecule has 2 aliphatic carbocycles. The summed E-state index contributed by atoms with van der Waals surface area (Å²) in [5, 5.41) is 9.11. The minimum atomic E-state index is 1.03. The van der Waals surface area contributed by atoms with Crippen molar-refractivity contribution in [2.75, 3.05) is 0 Å². The second-order valence-electron chi connectivity index (χ2n) is 12.0. The number of benzene rings is 7. The number of aromatic nitrogens is 1. The summed E-state index contributed by atoms with van der Waals surface area (Å²) in [5.41, 5.74) is 16.5. The van der Waals surface area contributed by atoms with Crippen LogP contribution in [0.25, 0.3) is 99.0 Å². The molecule has 10 rings (SSSR count). The Morgan fingerprint density at radius 1 is 0.405 bits per heavy atom. The maximum atomic E-state index is 5.35. The van der Waals surface area contributed by atoms with Crippen LogP contribution in [0.5, 0.6) is 0 Å². The lowest BCUT2D eigenvalue weighted by molar-refractivity contribution is 1.41. The lowest BCUT2D eigenvalue weighted by Crippen LogP contribution is -1.92. The van der Waals surface area contributed by atoms with E-state index >= 15 is 0 Å². The van der Waals surface area contributed by atoms with Gasteiger partial charge in [-0.2, -0.15) is 0 Å². The molecule has 0 atom stereocenters. The summed E-state index contributed by atoms with van der Waals surface area (Å²) in [5.74, 6) is 0. The van der Waals surface area contributed by atoms with Gasteiger partial charge in [0.2, 0.25) is 0 Å². The van der Waals surface area contributed by atoms with Gasteiger partial charge in [-0.25, -0.2) is 4.98 Å². The highest BCUT2D eigenvalue weighted by atomic mass is 14.7. The van der Waals surface area contributed by atoms with Gasteiger partial charge in [-0.3, -0.25) is 0 Å². The van der Waals surface area contributed by atoms with Gasteiger partial charge in [0.15, 0.2) is 0 Å². The zero-order valence-corrected chi connectivity index (χ0v) is 23.4. The van der Waals surface area contributed by atoms with Crippen LogP contribution in [0.4, 0.5) is 0 Å². The number of nitrogens with zero attached hydrogens (tertiary/aromatic N) is 1. The van der Waals surface area contributed by atoms with Crippen LogP contribution in [-0.2, 0) is 0 Å². The third-order valence-corrected chi connectivity index (χ3v) is 9.70. The number of pyridine rings is 1. The molecule has 0 unspecified atom stereocenters. The van der Waals surface area contributed by atoms with E-state index in [-0.39, 0.29) is 0 Å². The fourth-order valence-corrected chi connectivity index (χ4v) is 7.89. The van der Waals surface area contributed by atoms with Crippen LogP contribution >= 0.6 is 0 Å². The molecule has 1 heteroatoms. The van der Waals surface area contributed by atoms with Gasteiger partial charge in [0.05, 0.1) is 11.2 Å². The Balaban J connectivity index is 1.36. The number of hydrogen-bond donors (Lipinski definition) is 0. The Hall–Kier alpha value is -5.27. The van der Waals surface area contributed by atoms with Gasteiger partial charge < -0.3 is 0 Å². The molecule has 1 heterocycles. The lowest BCUT2D eigenvalue weighted by atomic mass is 9.88. The Labute approximate surface area is 243 Å². The quantitative estimate of drug-likeness (QED) is 0.192. The minimum absolute atomic E-state index is 1.03. The molecule has 0 radical (unpaired) electrons. The summed E-state index contributed by atoms with van der Waals surface area (Å²) >= 11 is 0. The molecule has 1 nitrogen and oxygen atoms in total. The van der Waals surface area contributed by atoms with Crippen LogP contribution in [0.15, 0.2) is 115 Å². The topological polar surface area (TPSA) is 12.9 Å². The van der Waals surface area contributed by atoms with Crippen molar-refractivity contribution in [2.45, 2.75) is 13.8 Å². The minimum Gasteiger partial charge on any atom is -0.248 e. The average Bonchev–Trinajstić information content (AvgIpc) is 3.53. The van der Waals surface area contributed by atoms with E-state index < -0.39 is 0 Å². The lowest BCUT2D eigenvalue weighted by Gasteiger charge is -2.16. The van der Waals surface area contributed by atoms with Crippen LogP contribution in [0.1, 0.15) is 11.1 Å². The maximum absolute atomic E-state index is 5.35. The van der Waals surface area contributed by atoms with Crippen LogP contribution in [0.2, 0.25) is 0 Å². The predicted octanol–water partition coefficient (Wildman–Crippen LogP) is 11.3. The molecule has 2 aliphatic rings. The molecular weight excluding hydrogens is 506 g/mol. The summed E-state index contributed by atoms with van der Waals surface area (Å²) in [6.45, 7) is 4.43. The highest BCUT2D eigenvalue weighted by Crippen LogP contribution is 2.53. The molecular formula is C41H25N. The zero-order valence-electron chi connectivity index (χ0n) is 23.4. The number of hydrogen-bond acceptors (Lipinski definition) is 1. The number of rotatable bonds is 1. The Kier molecular flexibility index (Phi) is 4.12. The fraction of sp³-hybridized carbons (Fsp3) is 0.0488. The van der Waals surface area contributed by atoms with E-state index in [2.05, 4.69) is 129 Å². The molecule has 42 heavy (non-hydrogen) atoms. The van der Waals surface area contributed by atoms with Crippen molar-refractivity contribution in [1.82, 2.24) is 4.98 Å². The standard InChI is InChI=1S/C41H25N/c1-22-14-16-27-31(18-22)34(38-21-36-25-9-4-3-8-24(25)29-12-7-13-37(42-38)40(29)36)19-33-30-17-15-23(2)39-28-11-6-5-10-26(28)35(41(30)39)20-32(27)33/h3-21H,1-2H3. The molecule has 0 saturated carbocycles. The highest BCUT2D eigenvalue weighted by Gasteiger charge is 2.26. The van der Waals surface area contributed by atoms with Gasteiger partial charge in [-0.15, -0.1) is 0 Å². The molecule has 0 fully saturated rings. The molecule has 7 aromatic carbocycles. The Morgan fingerprint density at radius 3 is 1.88 bits per heavy atom. The first kappa shape index (κ1) is 22.4. The van der Waals surface area contributed by atoms with E-state index in [4.69, 9.17) is 4.98 Å². The van der Waals surface area contributed by atoms with Crippen LogP contribution in [0, 0.1) is 13.8 Å². The van der Waals surface area contributed by atoms with Crippen molar-refractivity contribution in [2.24, 2.45) is 0 Å². The van der Waals surface area contributed by atoms with E-state index in [1.807, 2.05) is 0 Å². The van der Waals surface area contributed by atoms with Gasteiger partial charge in [0, 0.05) is 10.9 Å². The third kappa shape index (κ3) is 2.71. The van der Waals surface area contributed by atoms with Crippen LogP contribution < -0.4 is 0 Å². The van der Waals surface area contributed by atoms with E-state index in [1.165, 1.54) is 98.9 Å². The van der Waals surface area contributed by atoms with Crippen molar-refractivity contribution in [3.05, 3.63) is 126 Å². The zero-order chi connectivity index (χ0) is 27.7. The van der Waals surface area contributed by atoms with Crippen LogP contribution in [-0.4, -0.2) is 4.98 Å². The first-order chi connectivity index (χ1) is 20.7. The largest absolute Gasteiger partial charge is 0.248 e. The Bertz CT molecular complexity index is 2530. The van der Waals surface area contributed by atoms with Gasteiger partial charge >= 0.3 is 0 Å². The fourth-order valence-electron chi connectivity index (χ4n) is 7.89. The normalized spacial score (nSPS) is 12.5. The first-order valence-electron chi connectivity index (χ1n) is 14.7. The molecule has 0 aliphatic heterocycles. The van der Waals surface area contributed by atoms with Crippen molar-refractivity contribution in [3.8, 4) is 55.8 Å². The SMILES string of the molecule is Cc1ccc2c(c1)c(-c1cc3c4c(cccc4n1)-c1ccccc1-3)cc1c3ccc(C)c4c3c(cc21)-c1ccccc1-4. The molecule has 0 N–H and O–H groups in total. The molecule has 1 aromatic heterocycles. The van der Waals surface area contributed by atoms with E-state index in [0.29, 0.717) is 0 Å². The van der Waals surface area contributed by atoms with E-state index in [1.54, 1.807) is 0 Å². The highest BCUT2D eigenvalue weighted by molar-refractivity contribution is 6.29. The average molecular weight is 532 g/mol. The molecule has 0 bridgehead atoms. The van der Waals surface area contributed by atoms with Crippen molar-refractivity contribution < 1.29 is 0 Å². The molecule has 0 amide bonds. The monoisotopic (exact) mass is 531 g/mol. The smallest absolute Gasteiger partial charge is 0.0722 e. The van der Waals surface area contributed by atoms with E-state index in [9.17, 15) is 0 Å². The summed E-state index contributed by atoms with van der Waals surface area (Å²) in [4.78, 5) is 5.35. The van der Waals surface area contributed by atoms with Gasteiger partial charge in [0.25, 0.3) is 0 Å². The number of aryl methyl sites for hydroxylation is 2. The molecule has 0 spiro atoms. The van der Waals surface area contributed by atoms with Crippen LogP contribution in [0.3, 0.4) is 0 Å². The molecule has 0 saturated heterocycles. The van der Waals surface area contributed by atoms with Crippen molar-refractivity contribution in [1.29, 1.82) is 0 Å².